The Hall–Kier alpha value is -2.65. The van der Waals surface area contributed by atoms with Crippen LogP contribution < -0.4 is 0 Å². The van der Waals surface area contributed by atoms with Gasteiger partial charge in [0.25, 0.3) is 0 Å². The first-order valence-corrected chi connectivity index (χ1v) is 11.0. The maximum atomic E-state index is 9.60. The Bertz CT molecular complexity index is 508. The second-order valence-corrected chi connectivity index (χ2v) is 7.26. The number of hydrogen-bond donors (Lipinski definition) is 8. The number of carbonyl (C=O) groups is 3. The molecule has 0 saturated heterocycles. The lowest BCUT2D eigenvalue weighted by Gasteiger charge is -2.24. The highest BCUT2D eigenvalue weighted by Gasteiger charge is 2.24. The molecule has 0 spiro atoms. The minimum atomic E-state index is -0.935. The van der Waals surface area contributed by atoms with E-state index in [9.17, 15) is 14.4 Å². The van der Waals surface area contributed by atoms with Crippen molar-refractivity contribution in [1.82, 2.24) is 0 Å². The number of aliphatic hydroxyl groups excluding tert-OH is 5. The molecule has 0 bridgehead atoms. The Kier molecular flexibility index (Phi) is 37.6. The van der Waals surface area contributed by atoms with Crippen LogP contribution in [0.5, 0.6) is 0 Å². The van der Waals surface area contributed by atoms with Gasteiger partial charge in [0.15, 0.2) is 0 Å². The van der Waals surface area contributed by atoms with Gasteiger partial charge in [0.05, 0.1) is 59.5 Å². The minimum Gasteiger partial charge on any atom is -0.478 e. The Morgan fingerprint density at radius 3 is 0.892 bits per heavy atom. The molecule has 0 saturated carbocycles. The fraction of sp³-hybridized carbons (Fsp3) is 0.625. The van der Waals surface area contributed by atoms with Gasteiger partial charge in [-0.3, -0.25) is 0 Å². The van der Waals surface area contributed by atoms with E-state index in [2.05, 4.69) is 19.7 Å². The molecule has 0 radical (unpaired) electrons. The maximum Gasteiger partial charge on any atom is 0.330 e. The van der Waals surface area contributed by atoms with E-state index in [1.807, 2.05) is 6.92 Å². The summed E-state index contributed by atoms with van der Waals surface area (Å²) in [6.07, 6.45) is 0.594. The van der Waals surface area contributed by atoms with Gasteiger partial charge in [0.2, 0.25) is 0 Å². The van der Waals surface area contributed by atoms with Crippen LogP contribution in [0, 0.1) is 5.41 Å². The molecule has 0 aliphatic carbocycles. The summed E-state index contributed by atoms with van der Waals surface area (Å²) in [5.41, 5.74) is -0.139. The summed E-state index contributed by atoms with van der Waals surface area (Å²) in [6, 6.07) is 0. The van der Waals surface area contributed by atoms with Crippen molar-refractivity contribution in [2.45, 2.75) is 34.1 Å². The third kappa shape index (κ3) is 40.8. The van der Waals surface area contributed by atoms with E-state index in [1.165, 1.54) is 20.8 Å². The highest BCUT2D eigenvalue weighted by atomic mass is 16.5. The molecule has 0 rings (SSSR count). The lowest BCUT2D eigenvalue weighted by Crippen LogP contribution is -2.32. The van der Waals surface area contributed by atoms with Crippen molar-refractivity contribution in [2.24, 2.45) is 5.41 Å². The van der Waals surface area contributed by atoms with Gasteiger partial charge in [-0.2, -0.15) is 0 Å². The molecule has 0 aromatic rings. The molecule has 220 valence electrons. The lowest BCUT2D eigenvalue weighted by molar-refractivity contribution is -0.133. The first-order chi connectivity index (χ1) is 17.1. The molecule has 0 aliphatic rings. The summed E-state index contributed by atoms with van der Waals surface area (Å²) >= 11 is 0. The molecule has 0 unspecified atom stereocenters. The van der Waals surface area contributed by atoms with Crippen molar-refractivity contribution in [2.75, 3.05) is 59.5 Å². The topological polar surface area (TPSA) is 232 Å². The molecule has 0 aromatic carbocycles. The number of aliphatic carboxylic acids is 3. The van der Waals surface area contributed by atoms with Gasteiger partial charge in [-0.25, -0.2) is 14.4 Å². The van der Waals surface area contributed by atoms with Crippen LogP contribution in [0.2, 0.25) is 0 Å². The molecule has 0 heterocycles. The summed E-state index contributed by atoms with van der Waals surface area (Å²) in [6.45, 7) is 16.9. The first-order valence-electron chi connectivity index (χ1n) is 11.0. The molecular formula is C24H46O13. The van der Waals surface area contributed by atoms with E-state index >= 15 is 0 Å². The highest BCUT2D eigenvalue weighted by molar-refractivity contribution is 5.85. The number of hydrogen-bond acceptors (Lipinski definition) is 10. The van der Waals surface area contributed by atoms with Crippen LogP contribution in [0.15, 0.2) is 36.5 Å². The number of ether oxygens (including phenoxy) is 2. The van der Waals surface area contributed by atoms with Gasteiger partial charge in [0.1, 0.15) is 0 Å². The average Bonchev–Trinajstić information content (AvgIpc) is 2.84. The van der Waals surface area contributed by atoms with Gasteiger partial charge in [-0.05, 0) is 27.2 Å². The molecule has 13 heteroatoms. The van der Waals surface area contributed by atoms with Crippen molar-refractivity contribution >= 4 is 17.9 Å². The van der Waals surface area contributed by atoms with Crippen molar-refractivity contribution in [3.63, 3.8) is 0 Å². The number of carboxylic acid groups (broad SMARTS) is 3. The average molecular weight is 543 g/mol. The Morgan fingerprint density at radius 2 is 0.811 bits per heavy atom. The fourth-order valence-electron chi connectivity index (χ4n) is 0.936. The second kappa shape index (κ2) is 31.4. The van der Waals surface area contributed by atoms with Crippen LogP contribution >= 0.6 is 0 Å². The summed E-state index contributed by atoms with van der Waals surface area (Å²) in [7, 11) is 0. The van der Waals surface area contributed by atoms with Gasteiger partial charge in [0, 0.05) is 22.1 Å². The monoisotopic (exact) mass is 542 g/mol. The van der Waals surface area contributed by atoms with Crippen LogP contribution in [-0.2, 0) is 23.9 Å². The number of carboxylic acids is 3. The molecule has 0 atom stereocenters. The predicted octanol–water partition coefficient (Wildman–Crippen LogP) is 0.305. The standard InChI is InChI=1S/C6H14O4.C6H14O3.3C4H6O2/c7-1-3-9-5-6-10-4-2-8;1-2-6(3-7,4-8)5-9;3*1-3(2)4(5)6/h7-8H,1-6H2;7-9H,2-5H2,1H3;3*1H2,2H3,(H,5,6). The van der Waals surface area contributed by atoms with E-state index in [0.717, 1.165) is 0 Å². The van der Waals surface area contributed by atoms with Crippen molar-refractivity contribution in [3.8, 4) is 0 Å². The van der Waals surface area contributed by atoms with Gasteiger partial charge >= 0.3 is 17.9 Å². The van der Waals surface area contributed by atoms with E-state index in [-0.39, 0.29) is 49.8 Å². The van der Waals surface area contributed by atoms with Crippen LogP contribution in [0.1, 0.15) is 34.1 Å². The van der Waals surface area contributed by atoms with Crippen LogP contribution in [0.3, 0.4) is 0 Å². The van der Waals surface area contributed by atoms with Crippen LogP contribution in [0.4, 0.5) is 0 Å². The maximum absolute atomic E-state index is 9.60. The molecule has 37 heavy (non-hydrogen) atoms. The Morgan fingerprint density at radius 1 is 0.595 bits per heavy atom. The van der Waals surface area contributed by atoms with E-state index < -0.39 is 23.3 Å². The number of aliphatic hydroxyl groups is 5. The Balaban J connectivity index is -0.000000118. The minimum absolute atomic E-state index is 0.0417. The summed E-state index contributed by atoms with van der Waals surface area (Å²) in [4.78, 5) is 28.8. The van der Waals surface area contributed by atoms with Crippen molar-refractivity contribution in [3.05, 3.63) is 36.5 Å². The van der Waals surface area contributed by atoms with E-state index in [0.29, 0.717) is 32.8 Å². The molecule has 0 aliphatic heterocycles. The third-order valence-electron chi connectivity index (χ3n) is 3.69. The molecule has 0 aromatic heterocycles. The zero-order chi connectivity index (χ0) is 30.4. The smallest absolute Gasteiger partial charge is 0.330 e. The summed E-state index contributed by atoms with van der Waals surface area (Å²) < 4.78 is 9.75. The molecule has 8 N–H and O–H groups in total. The quantitative estimate of drug-likeness (QED) is 0.109. The highest BCUT2D eigenvalue weighted by Crippen LogP contribution is 2.18. The van der Waals surface area contributed by atoms with Crippen LogP contribution in [-0.4, -0.2) is 118 Å². The molecule has 0 fully saturated rings. The lowest BCUT2D eigenvalue weighted by atomic mass is 9.88. The zero-order valence-electron chi connectivity index (χ0n) is 22.3. The summed E-state index contributed by atoms with van der Waals surface area (Å²) in [5, 5.41) is 66.2. The molecule has 0 amide bonds. The largest absolute Gasteiger partial charge is 0.478 e. The van der Waals surface area contributed by atoms with Gasteiger partial charge in [-0.1, -0.05) is 26.7 Å². The number of rotatable bonds is 14. The molecule has 13 nitrogen and oxygen atoms in total. The van der Waals surface area contributed by atoms with Gasteiger partial charge < -0.3 is 50.3 Å². The first kappa shape index (κ1) is 44.4. The SMILES string of the molecule is C=C(C)C(=O)O.C=C(C)C(=O)O.C=C(C)C(=O)O.CCC(CO)(CO)CO.OCCOCCOCCO. The normalized spacial score (nSPS) is 9.32. The third-order valence-corrected chi connectivity index (χ3v) is 3.69. The van der Waals surface area contributed by atoms with E-state index in [4.69, 9.17) is 50.3 Å². The van der Waals surface area contributed by atoms with Crippen LogP contribution in [0.25, 0.3) is 0 Å². The molecular weight excluding hydrogens is 496 g/mol. The van der Waals surface area contributed by atoms with Crippen molar-refractivity contribution < 1.29 is 64.7 Å². The van der Waals surface area contributed by atoms with E-state index in [1.54, 1.807) is 0 Å². The summed E-state index contributed by atoms with van der Waals surface area (Å²) in [5.74, 6) is -2.81. The van der Waals surface area contributed by atoms with Crippen molar-refractivity contribution in [1.29, 1.82) is 0 Å². The second-order valence-electron chi connectivity index (χ2n) is 7.26. The Labute approximate surface area is 218 Å². The fourth-order valence-corrected chi connectivity index (χ4v) is 0.936. The van der Waals surface area contributed by atoms with Gasteiger partial charge in [-0.15, -0.1) is 0 Å². The predicted molar refractivity (Wildman–Crippen MR) is 137 cm³/mol. The zero-order valence-corrected chi connectivity index (χ0v) is 22.3.